The largest absolute Gasteiger partial charge is 0.339 e. The molecule has 2 aromatic rings. The van der Waals surface area contributed by atoms with Crippen molar-refractivity contribution in [1.29, 1.82) is 0 Å². The van der Waals surface area contributed by atoms with E-state index in [2.05, 4.69) is 50.2 Å². The van der Waals surface area contributed by atoms with Crippen LogP contribution in [0.25, 0.3) is 0 Å². The lowest BCUT2D eigenvalue weighted by atomic mass is 10.3. The van der Waals surface area contributed by atoms with Crippen LogP contribution in [0.4, 0.5) is 17.3 Å². The van der Waals surface area contributed by atoms with Crippen LogP contribution < -0.4 is 16.6 Å². The average molecular weight is 404 g/mol. The second-order valence-corrected chi connectivity index (χ2v) is 5.80. The van der Waals surface area contributed by atoms with Gasteiger partial charge in [0, 0.05) is 21.1 Å². The van der Waals surface area contributed by atoms with Crippen molar-refractivity contribution in [1.82, 2.24) is 9.97 Å². The monoisotopic (exact) mass is 403 g/mol. The Balaban J connectivity index is 2.29. The number of hydrazine groups is 1. The van der Waals surface area contributed by atoms with E-state index in [0.29, 0.717) is 16.7 Å². The molecule has 0 aliphatic carbocycles. The zero-order valence-corrected chi connectivity index (χ0v) is 13.9. The number of nitrogens with one attached hydrogen (secondary N) is 2. The molecule has 1 heterocycles. The van der Waals surface area contributed by atoms with E-state index in [9.17, 15) is 0 Å². The third-order valence-electron chi connectivity index (χ3n) is 2.59. The normalized spacial score (nSPS) is 10.4. The van der Waals surface area contributed by atoms with E-state index in [1.54, 1.807) is 6.07 Å². The van der Waals surface area contributed by atoms with Crippen LogP contribution in [-0.2, 0) is 6.42 Å². The number of nitrogens with two attached hydrogens (primary N) is 1. The maximum absolute atomic E-state index is 5.95. The molecule has 7 heteroatoms. The third-order valence-corrected chi connectivity index (χ3v) is 3.72. The number of hydrogen-bond donors (Lipinski definition) is 3. The first-order chi connectivity index (χ1) is 9.62. The molecule has 1 aromatic heterocycles. The van der Waals surface area contributed by atoms with Crippen LogP contribution in [0.5, 0.6) is 0 Å². The van der Waals surface area contributed by atoms with Gasteiger partial charge in [0.15, 0.2) is 0 Å². The van der Waals surface area contributed by atoms with Gasteiger partial charge in [0.1, 0.15) is 17.5 Å². The highest BCUT2D eigenvalue weighted by molar-refractivity contribution is 14.1. The Kier molecular flexibility index (Phi) is 5.38. The van der Waals surface area contributed by atoms with Crippen molar-refractivity contribution in [3.05, 3.63) is 38.7 Å². The van der Waals surface area contributed by atoms with Gasteiger partial charge < -0.3 is 10.7 Å². The standard InChI is InChI=1S/C13H15ClIN5/c1-2-3-11-18-12(7-13(19-11)20-16)17-10-5-4-8(14)6-9(10)15/h4-7H,2-3,16H2,1H3,(H2,17,18,19,20). The predicted molar refractivity (Wildman–Crippen MR) is 91.3 cm³/mol. The summed E-state index contributed by atoms with van der Waals surface area (Å²) < 4.78 is 1.02. The summed E-state index contributed by atoms with van der Waals surface area (Å²) >= 11 is 8.17. The number of benzene rings is 1. The number of nitrogens with zero attached hydrogens (tertiary/aromatic N) is 2. The highest BCUT2D eigenvalue weighted by Crippen LogP contribution is 2.25. The fourth-order valence-electron chi connectivity index (χ4n) is 1.70. The minimum absolute atomic E-state index is 0.593. The van der Waals surface area contributed by atoms with E-state index in [1.807, 2.05) is 18.2 Å². The van der Waals surface area contributed by atoms with Crippen molar-refractivity contribution in [3.63, 3.8) is 0 Å². The van der Waals surface area contributed by atoms with E-state index in [0.717, 1.165) is 27.9 Å². The van der Waals surface area contributed by atoms with Crippen LogP contribution >= 0.6 is 34.2 Å². The van der Waals surface area contributed by atoms with Crippen LogP contribution in [0.2, 0.25) is 5.02 Å². The smallest absolute Gasteiger partial charge is 0.145 e. The lowest BCUT2D eigenvalue weighted by molar-refractivity contribution is 0.837. The highest BCUT2D eigenvalue weighted by Gasteiger charge is 2.06. The Morgan fingerprint density at radius 3 is 2.65 bits per heavy atom. The molecule has 2 rings (SSSR count). The molecule has 0 spiro atoms. The molecule has 0 aliphatic heterocycles. The van der Waals surface area contributed by atoms with E-state index in [1.165, 1.54) is 0 Å². The van der Waals surface area contributed by atoms with Gasteiger partial charge in [0.05, 0.1) is 5.69 Å². The average Bonchev–Trinajstić information content (AvgIpc) is 2.42. The van der Waals surface area contributed by atoms with Crippen LogP contribution in [0.3, 0.4) is 0 Å². The highest BCUT2D eigenvalue weighted by atomic mass is 127. The summed E-state index contributed by atoms with van der Waals surface area (Å²) in [6, 6.07) is 7.41. The number of anilines is 3. The molecule has 0 atom stereocenters. The second-order valence-electron chi connectivity index (χ2n) is 4.20. The Hall–Kier alpha value is -1.12. The Morgan fingerprint density at radius 1 is 1.25 bits per heavy atom. The van der Waals surface area contributed by atoms with E-state index >= 15 is 0 Å². The van der Waals surface area contributed by atoms with E-state index in [-0.39, 0.29) is 0 Å². The number of nitrogen functional groups attached to an aromatic ring is 1. The summed E-state index contributed by atoms with van der Waals surface area (Å²) in [7, 11) is 0. The lowest BCUT2D eigenvalue weighted by Crippen LogP contribution is -2.11. The van der Waals surface area contributed by atoms with Crippen molar-refractivity contribution in [2.75, 3.05) is 10.7 Å². The van der Waals surface area contributed by atoms with Gasteiger partial charge >= 0.3 is 0 Å². The molecule has 0 aliphatic rings. The van der Waals surface area contributed by atoms with Crippen LogP contribution in [0.1, 0.15) is 19.2 Å². The second kappa shape index (κ2) is 7.05. The Labute approximate surface area is 136 Å². The maximum Gasteiger partial charge on any atom is 0.145 e. The van der Waals surface area contributed by atoms with Crippen molar-refractivity contribution < 1.29 is 0 Å². The SMILES string of the molecule is CCCc1nc(NN)cc(Nc2ccc(Cl)cc2I)n1. The van der Waals surface area contributed by atoms with Gasteiger partial charge in [-0.1, -0.05) is 18.5 Å². The molecule has 5 nitrogen and oxygen atoms in total. The summed E-state index contributed by atoms with van der Waals surface area (Å²) in [5.41, 5.74) is 3.51. The van der Waals surface area contributed by atoms with Gasteiger partial charge in [-0.05, 0) is 47.2 Å². The molecule has 106 valence electrons. The first-order valence-corrected chi connectivity index (χ1v) is 7.64. The fourth-order valence-corrected chi connectivity index (χ4v) is 2.71. The summed E-state index contributed by atoms with van der Waals surface area (Å²) in [5.74, 6) is 7.50. The van der Waals surface area contributed by atoms with Gasteiger partial charge in [0.25, 0.3) is 0 Å². The minimum atomic E-state index is 0.593. The molecule has 0 fully saturated rings. The first kappa shape index (κ1) is 15.3. The molecule has 0 amide bonds. The number of rotatable bonds is 5. The van der Waals surface area contributed by atoms with Gasteiger partial charge in [0.2, 0.25) is 0 Å². The molecule has 0 bridgehead atoms. The summed E-state index contributed by atoms with van der Waals surface area (Å²) in [5, 5.41) is 3.97. The molecular formula is C13H15ClIN5. The van der Waals surface area contributed by atoms with Crippen molar-refractivity contribution in [3.8, 4) is 0 Å². The number of aromatic nitrogens is 2. The fraction of sp³-hybridized carbons (Fsp3) is 0.231. The first-order valence-electron chi connectivity index (χ1n) is 6.19. The van der Waals surface area contributed by atoms with Crippen molar-refractivity contribution >= 4 is 51.5 Å². The van der Waals surface area contributed by atoms with Gasteiger partial charge in [-0.25, -0.2) is 15.8 Å². The number of hydrogen-bond acceptors (Lipinski definition) is 5. The van der Waals surface area contributed by atoms with Crippen molar-refractivity contribution in [2.24, 2.45) is 5.84 Å². The van der Waals surface area contributed by atoms with Crippen LogP contribution in [-0.4, -0.2) is 9.97 Å². The zero-order chi connectivity index (χ0) is 14.5. The van der Waals surface area contributed by atoms with E-state index < -0.39 is 0 Å². The molecule has 20 heavy (non-hydrogen) atoms. The summed E-state index contributed by atoms with van der Waals surface area (Å²) in [6.07, 6.45) is 1.79. The Morgan fingerprint density at radius 2 is 2.00 bits per heavy atom. The van der Waals surface area contributed by atoms with Gasteiger partial charge in [-0.3, -0.25) is 0 Å². The maximum atomic E-state index is 5.95. The molecule has 1 aromatic carbocycles. The molecule has 0 saturated heterocycles. The van der Waals surface area contributed by atoms with Gasteiger partial charge in [-0.2, -0.15) is 0 Å². The van der Waals surface area contributed by atoms with E-state index in [4.69, 9.17) is 17.4 Å². The van der Waals surface area contributed by atoms with Gasteiger partial charge in [-0.15, -0.1) is 0 Å². The Bertz CT molecular complexity index is 605. The predicted octanol–water partition coefficient (Wildman–Crippen LogP) is 3.72. The molecule has 0 unspecified atom stereocenters. The summed E-state index contributed by atoms with van der Waals surface area (Å²) in [4.78, 5) is 8.79. The number of halogens is 2. The molecular weight excluding hydrogens is 389 g/mol. The molecule has 0 saturated carbocycles. The third kappa shape index (κ3) is 3.94. The molecule has 0 radical (unpaired) electrons. The van der Waals surface area contributed by atoms with Crippen LogP contribution in [0.15, 0.2) is 24.3 Å². The quantitative estimate of drug-likeness (QED) is 0.403. The van der Waals surface area contributed by atoms with Crippen molar-refractivity contribution in [2.45, 2.75) is 19.8 Å². The number of aryl methyl sites for hydroxylation is 1. The van der Waals surface area contributed by atoms with Crippen LogP contribution in [0, 0.1) is 3.57 Å². The topological polar surface area (TPSA) is 75.9 Å². The minimum Gasteiger partial charge on any atom is -0.339 e. The molecule has 4 N–H and O–H groups in total. The lowest BCUT2D eigenvalue weighted by Gasteiger charge is -2.11. The zero-order valence-electron chi connectivity index (χ0n) is 11.0. The summed E-state index contributed by atoms with van der Waals surface area (Å²) in [6.45, 7) is 2.08.